The normalized spacial score (nSPS) is 26.3. The van der Waals surface area contributed by atoms with Gasteiger partial charge in [-0.1, -0.05) is 13.3 Å². The summed E-state index contributed by atoms with van der Waals surface area (Å²) in [6.07, 6.45) is 6.97. The first-order valence-corrected chi connectivity index (χ1v) is 5.98. The van der Waals surface area contributed by atoms with Crippen LogP contribution in [0, 0.1) is 0 Å². The molecule has 1 rings (SSSR count). The molecule has 2 unspecified atom stereocenters. The Hall–Kier alpha value is -0.570. The molecule has 0 heterocycles. The van der Waals surface area contributed by atoms with E-state index in [0.29, 0.717) is 6.42 Å². The van der Waals surface area contributed by atoms with Crippen LogP contribution in [0.5, 0.6) is 0 Å². The molecule has 3 heteroatoms. The van der Waals surface area contributed by atoms with Crippen LogP contribution in [0.15, 0.2) is 0 Å². The SMILES string of the molecule is CCCCC(=O)OC1CCCC(OC)C1. The Balaban J connectivity index is 2.22. The maximum Gasteiger partial charge on any atom is 0.306 e. The quantitative estimate of drug-likeness (QED) is 0.660. The largest absolute Gasteiger partial charge is 0.462 e. The van der Waals surface area contributed by atoms with Gasteiger partial charge in [-0.25, -0.2) is 0 Å². The van der Waals surface area contributed by atoms with Crippen LogP contribution >= 0.6 is 0 Å². The van der Waals surface area contributed by atoms with E-state index in [9.17, 15) is 4.79 Å². The Morgan fingerprint density at radius 3 is 2.73 bits per heavy atom. The molecule has 0 aliphatic heterocycles. The maximum atomic E-state index is 11.4. The summed E-state index contributed by atoms with van der Waals surface area (Å²) in [4.78, 5) is 11.4. The minimum absolute atomic E-state index is 0.0430. The average molecular weight is 214 g/mol. The van der Waals surface area contributed by atoms with Gasteiger partial charge in [-0.3, -0.25) is 4.79 Å². The number of carbonyl (C=O) groups is 1. The van der Waals surface area contributed by atoms with Crippen LogP contribution in [0.4, 0.5) is 0 Å². The molecule has 0 N–H and O–H groups in total. The van der Waals surface area contributed by atoms with Crippen molar-refractivity contribution in [2.75, 3.05) is 7.11 Å². The third kappa shape index (κ3) is 4.65. The zero-order chi connectivity index (χ0) is 11.1. The number of ether oxygens (including phenoxy) is 2. The van der Waals surface area contributed by atoms with Crippen LogP contribution in [0.3, 0.4) is 0 Å². The van der Waals surface area contributed by atoms with Crippen molar-refractivity contribution in [3.8, 4) is 0 Å². The van der Waals surface area contributed by atoms with Gasteiger partial charge in [-0.15, -0.1) is 0 Å². The molecule has 0 saturated heterocycles. The van der Waals surface area contributed by atoms with Gasteiger partial charge in [0.25, 0.3) is 0 Å². The van der Waals surface area contributed by atoms with E-state index in [0.717, 1.165) is 38.5 Å². The lowest BCUT2D eigenvalue weighted by molar-refractivity contribution is -0.152. The van der Waals surface area contributed by atoms with Crippen molar-refractivity contribution in [3.63, 3.8) is 0 Å². The second-order valence-corrected chi connectivity index (χ2v) is 4.24. The molecule has 0 bridgehead atoms. The maximum absolute atomic E-state index is 11.4. The van der Waals surface area contributed by atoms with Gasteiger partial charge in [-0.2, -0.15) is 0 Å². The Morgan fingerprint density at radius 2 is 2.07 bits per heavy atom. The van der Waals surface area contributed by atoms with Gasteiger partial charge in [-0.05, 0) is 25.7 Å². The van der Waals surface area contributed by atoms with Crippen molar-refractivity contribution in [2.45, 2.75) is 64.1 Å². The van der Waals surface area contributed by atoms with Gasteiger partial charge in [0.1, 0.15) is 6.10 Å². The molecule has 15 heavy (non-hydrogen) atoms. The monoisotopic (exact) mass is 214 g/mol. The number of hydrogen-bond acceptors (Lipinski definition) is 3. The number of unbranched alkanes of at least 4 members (excludes halogenated alkanes) is 1. The molecule has 1 fully saturated rings. The molecule has 0 aromatic carbocycles. The Kier molecular flexibility index (Phi) is 5.69. The molecule has 0 radical (unpaired) electrons. The van der Waals surface area contributed by atoms with Crippen LogP contribution in [-0.2, 0) is 14.3 Å². The lowest BCUT2D eigenvalue weighted by Crippen LogP contribution is -2.29. The molecule has 1 aliphatic carbocycles. The molecule has 88 valence electrons. The standard InChI is InChI=1S/C12H22O3/c1-3-4-8-12(13)15-11-7-5-6-10(9-11)14-2/h10-11H,3-9H2,1-2H3. The van der Waals surface area contributed by atoms with Gasteiger partial charge in [0.05, 0.1) is 6.10 Å². The van der Waals surface area contributed by atoms with E-state index in [4.69, 9.17) is 9.47 Å². The molecule has 0 spiro atoms. The summed E-state index contributed by atoms with van der Waals surface area (Å²) in [5.74, 6) is -0.0430. The van der Waals surface area contributed by atoms with Crippen molar-refractivity contribution in [2.24, 2.45) is 0 Å². The zero-order valence-corrected chi connectivity index (χ0v) is 9.83. The summed E-state index contributed by atoms with van der Waals surface area (Å²) in [6, 6.07) is 0. The molecule has 3 nitrogen and oxygen atoms in total. The third-order valence-corrected chi connectivity index (χ3v) is 2.94. The van der Waals surface area contributed by atoms with Crippen LogP contribution in [-0.4, -0.2) is 25.3 Å². The fraction of sp³-hybridized carbons (Fsp3) is 0.917. The first-order valence-electron chi connectivity index (χ1n) is 5.98. The lowest BCUT2D eigenvalue weighted by atomic mass is 9.95. The van der Waals surface area contributed by atoms with Crippen molar-refractivity contribution in [1.82, 2.24) is 0 Å². The van der Waals surface area contributed by atoms with Crippen molar-refractivity contribution in [1.29, 1.82) is 0 Å². The molecule has 1 aliphatic rings. The minimum atomic E-state index is -0.0430. The summed E-state index contributed by atoms with van der Waals surface area (Å²) in [5.41, 5.74) is 0. The Bertz CT molecular complexity index is 191. The molecular formula is C12H22O3. The smallest absolute Gasteiger partial charge is 0.306 e. The topological polar surface area (TPSA) is 35.5 Å². The Labute approximate surface area is 92.1 Å². The van der Waals surface area contributed by atoms with Crippen LogP contribution < -0.4 is 0 Å². The van der Waals surface area contributed by atoms with Gasteiger partial charge in [0.2, 0.25) is 0 Å². The molecule has 0 amide bonds. The highest BCUT2D eigenvalue weighted by Crippen LogP contribution is 2.23. The summed E-state index contributed by atoms with van der Waals surface area (Å²) >= 11 is 0. The molecule has 0 aromatic rings. The zero-order valence-electron chi connectivity index (χ0n) is 9.83. The summed E-state index contributed by atoms with van der Waals surface area (Å²) < 4.78 is 10.7. The van der Waals surface area contributed by atoms with E-state index in [-0.39, 0.29) is 18.2 Å². The molecule has 0 aromatic heterocycles. The predicted molar refractivity (Wildman–Crippen MR) is 58.7 cm³/mol. The first-order chi connectivity index (χ1) is 7.26. The van der Waals surface area contributed by atoms with Crippen LogP contribution in [0.1, 0.15) is 51.9 Å². The van der Waals surface area contributed by atoms with Gasteiger partial charge in [0.15, 0.2) is 0 Å². The molecule has 2 atom stereocenters. The number of rotatable bonds is 5. The van der Waals surface area contributed by atoms with Crippen molar-refractivity contribution in [3.05, 3.63) is 0 Å². The van der Waals surface area contributed by atoms with E-state index in [1.807, 2.05) is 0 Å². The number of methoxy groups -OCH3 is 1. The highest BCUT2D eigenvalue weighted by atomic mass is 16.5. The van der Waals surface area contributed by atoms with Crippen LogP contribution in [0.25, 0.3) is 0 Å². The fourth-order valence-corrected chi connectivity index (χ4v) is 1.99. The second kappa shape index (κ2) is 6.83. The first kappa shape index (κ1) is 12.5. The number of esters is 1. The average Bonchev–Trinajstić information content (AvgIpc) is 2.26. The highest BCUT2D eigenvalue weighted by Gasteiger charge is 2.24. The number of carbonyl (C=O) groups excluding carboxylic acids is 1. The van der Waals surface area contributed by atoms with E-state index < -0.39 is 0 Å². The van der Waals surface area contributed by atoms with Gasteiger partial charge < -0.3 is 9.47 Å². The number of hydrogen-bond donors (Lipinski definition) is 0. The van der Waals surface area contributed by atoms with E-state index in [2.05, 4.69) is 6.92 Å². The van der Waals surface area contributed by atoms with E-state index in [1.54, 1.807) is 7.11 Å². The lowest BCUT2D eigenvalue weighted by Gasteiger charge is -2.27. The minimum Gasteiger partial charge on any atom is -0.462 e. The highest BCUT2D eigenvalue weighted by molar-refractivity contribution is 5.69. The van der Waals surface area contributed by atoms with Gasteiger partial charge >= 0.3 is 5.97 Å². The molecular weight excluding hydrogens is 192 g/mol. The Morgan fingerprint density at radius 1 is 1.33 bits per heavy atom. The van der Waals surface area contributed by atoms with E-state index >= 15 is 0 Å². The summed E-state index contributed by atoms with van der Waals surface area (Å²) in [7, 11) is 1.73. The van der Waals surface area contributed by atoms with Crippen LogP contribution in [0.2, 0.25) is 0 Å². The van der Waals surface area contributed by atoms with Gasteiger partial charge in [0, 0.05) is 20.0 Å². The summed E-state index contributed by atoms with van der Waals surface area (Å²) in [5, 5.41) is 0. The van der Waals surface area contributed by atoms with Crippen molar-refractivity contribution >= 4 is 5.97 Å². The molecule has 1 saturated carbocycles. The van der Waals surface area contributed by atoms with Crippen molar-refractivity contribution < 1.29 is 14.3 Å². The predicted octanol–water partition coefficient (Wildman–Crippen LogP) is 2.68. The second-order valence-electron chi connectivity index (χ2n) is 4.24. The third-order valence-electron chi connectivity index (χ3n) is 2.94. The summed E-state index contributed by atoms with van der Waals surface area (Å²) in [6.45, 7) is 2.08. The fourth-order valence-electron chi connectivity index (χ4n) is 1.99. The van der Waals surface area contributed by atoms with E-state index in [1.165, 1.54) is 0 Å².